The molecular formula is C16H21FN4O3. The molecule has 24 heavy (non-hydrogen) atoms. The maximum atomic E-state index is 13.8. The van der Waals surface area contributed by atoms with Crippen molar-refractivity contribution >= 4 is 16.7 Å². The van der Waals surface area contributed by atoms with E-state index in [1.54, 1.807) is 6.07 Å². The molecule has 8 heteroatoms. The number of aliphatic hydroxyl groups excluding tert-OH is 1. The summed E-state index contributed by atoms with van der Waals surface area (Å²) in [7, 11) is 1.41. The van der Waals surface area contributed by atoms with E-state index in [1.807, 2.05) is 0 Å². The van der Waals surface area contributed by atoms with Crippen molar-refractivity contribution in [2.24, 2.45) is 0 Å². The summed E-state index contributed by atoms with van der Waals surface area (Å²) in [6.45, 7) is 3.94. The number of nitrogens with one attached hydrogen (secondary N) is 1. The van der Waals surface area contributed by atoms with Gasteiger partial charge in [0.2, 0.25) is 0 Å². The fourth-order valence-corrected chi connectivity index (χ4v) is 2.72. The number of aliphatic hydroxyl groups is 1. The monoisotopic (exact) mass is 336 g/mol. The van der Waals surface area contributed by atoms with Crippen molar-refractivity contribution in [1.82, 2.24) is 14.9 Å². The highest BCUT2D eigenvalue weighted by Crippen LogP contribution is 2.27. The third kappa shape index (κ3) is 3.89. The lowest BCUT2D eigenvalue weighted by Gasteiger charge is -2.28. The first-order valence-corrected chi connectivity index (χ1v) is 7.87. The number of aromatic nitrogens is 2. The van der Waals surface area contributed by atoms with E-state index in [9.17, 15) is 9.50 Å². The van der Waals surface area contributed by atoms with E-state index in [1.165, 1.54) is 19.5 Å². The Bertz CT molecular complexity index is 694. The highest BCUT2D eigenvalue weighted by molar-refractivity contribution is 5.90. The van der Waals surface area contributed by atoms with Crippen molar-refractivity contribution in [2.45, 2.75) is 6.10 Å². The molecule has 1 aliphatic rings. The largest absolute Gasteiger partial charge is 0.494 e. The summed E-state index contributed by atoms with van der Waals surface area (Å²) in [6, 6.07) is 2.87. The smallest absolute Gasteiger partial charge is 0.167 e. The Hall–Kier alpha value is -2.03. The molecule has 130 valence electrons. The van der Waals surface area contributed by atoms with E-state index in [2.05, 4.69) is 20.2 Å². The molecule has 0 spiro atoms. The summed E-state index contributed by atoms with van der Waals surface area (Å²) in [5.41, 5.74) is 0.480. The molecule has 1 saturated heterocycles. The van der Waals surface area contributed by atoms with Crippen LogP contribution in [0.1, 0.15) is 0 Å². The van der Waals surface area contributed by atoms with Gasteiger partial charge in [-0.15, -0.1) is 0 Å². The van der Waals surface area contributed by atoms with E-state index in [-0.39, 0.29) is 5.75 Å². The van der Waals surface area contributed by atoms with Gasteiger partial charge in [0.25, 0.3) is 0 Å². The number of anilines is 1. The summed E-state index contributed by atoms with van der Waals surface area (Å²) in [4.78, 5) is 10.4. The molecule has 1 atom stereocenters. The average molecular weight is 336 g/mol. The van der Waals surface area contributed by atoms with Gasteiger partial charge in [0.1, 0.15) is 12.1 Å². The molecule has 0 radical (unpaired) electrons. The van der Waals surface area contributed by atoms with E-state index in [0.717, 1.165) is 13.1 Å². The van der Waals surface area contributed by atoms with E-state index in [0.29, 0.717) is 43.0 Å². The number of benzene rings is 1. The number of hydrogen-bond acceptors (Lipinski definition) is 7. The second kappa shape index (κ2) is 7.69. The van der Waals surface area contributed by atoms with E-state index >= 15 is 0 Å². The molecule has 1 unspecified atom stereocenters. The first kappa shape index (κ1) is 16.8. The Kier molecular flexibility index (Phi) is 5.39. The van der Waals surface area contributed by atoms with Crippen LogP contribution in [0, 0.1) is 5.82 Å². The van der Waals surface area contributed by atoms with E-state index in [4.69, 9.17) is 9.47 Å². The fraction of sp³-hybridized carbons (Fsp3) is 0.500. The van der Waals surface area contributed by atoms with E-state index < -0.39 is 11.9 Å². The minimum absolute atomic E-state index is 0.134. The molecule has 7 nitrogen and oxygen atoms in total. The minimum atomic E-state index is -0.546. The summed E-state index contributed by atoms with van der Waals surface area (Å²) >= 11 is 0. The predicted octanol–water partition coefficient (Wildman–Crippen LogP) is 0.883. The van der Waals surface area contributed by atoms with Crippen LogP contribution in [0.25, 0.3) is 10.9 Å². The highest BCUT2D eigenvalue weighted by atomic mass is 19.1. The SMILES string of the molecule is COc1cc2c(NCC(O)CN3CCOCC3)ncnc2cc1F. The molecular weight excluding hydrogens is 315 g/mol. The van der Waals surface area contributed by atoms with Crippen molar-refractivity contribution in [2.75, 3.05) is 51.8 Å². The van der Waals surface area contributed by atoms with Crippen LogP contribution in [-0.2, 0) is 4.74 Å². The Morgan fingerprint density at radius 3 is 2.92 bits per heavy atom. The normalized spacial score (nSPS) is 17.0. The summed E-state index contributed by atoms with van der Waals surface area (Å²) in [6.07, 6.45) is 0.820. The Morgan fingerprint density at radius 1 is 1.38 bits per heavy atom. The van der Waals surface area contributed by atoms with Crippen molar-refractivity contribution < 1.29 is 19.0 Å². The van der Waals surface area contributed by atoms with Crippen LogP contribution in [-0.4, -0.2) is 72.6 Å². The molecule has 1 aromatic carbocycles. The maximum absolute atomic E-state index is 13.8. The lowest BCUT2D eigenvalue weighted by molar-refractivity contribution is 0.0171. The van der Waals surface area contributed by atoms with Gasteiger partial charge in [-0.25, -0.2) is 14.4 Å². The number of nitrogens with zero attached hydrogens (tertiary/aromatic N) is 3. The number of morpholine rings is 1. The lowest BCUT2D eigenvalue weighted by atomic mass is 10.2. The number of methoxy groups -OCH3 is 1. The van der Waals surface area contributed by atoms with Gasteiger partial charge in [-0.3, -0.25) is 4.90 Å². The lowest BCUT2D eigenvalue weighted by Crippen LogP contribution is -2.42. The van der Waals surface area contributed by atoms with Crippen molar-refractivity contribution in [3.05, 3.63) is 24.3 Å². The predicted molar refractivity (Wildman–Crippen MR) is 87.8 cm³/mol. The first-order valence-electron chi connectivity index (χ1n) is 7.87. The molecule has 0 amide bonds. The van der Waals surface area contributed by atoms with Crippen LogP contribution in [0.4, 0.5) is 10.2 Å². The molecule has 0 saturated carbocycles. The van der Waals surface area contributed by atoms with Crippen LogP contribution < -0.4 is 10.1 Å². The molecule has 2 N–H and O–H groups in total. The Morgan fingerprint density at radius 2 is 2.17 bits per heavy atom. The molecule has 0 bridgehead atoms. The molecule has 1 aromatic heterocycles. The summed E-state index contributed by atoms with van der Waals surface area (Å²) in [5.74, 6) is 0.204. The summed E-state index contributed by atoms with van der Waals surface area (Å²) < 4.78 is 24.1. The number of β-amino-alcohol motifs (C(OH)–C–C–N with tert-alkyl or cyclic N) is 1. The Balaban J connectivity index is 1.68. The third-order valence-corrected chi connectivity index (χ3v) is 3.99. The number of fused-ring (bicyclic) bond motifs is 1. The number of halogens is 1. The quantitative estimate of drug-likeness (QED) is 0.811. The fourth-order valence-electron chi connectivity index (χ4n) is 2.72. The second-order valence-corrected chi connectivity index (χ2v) is 5.67. The molecule has 1 fully saturated rings. The van der Waals surface area contributed by atoms with Crippen molar-refractivity contribution in [1.29, 1.82) is 0 Å². The zero-order chi connectivity index (χ0) is 16.9. The standard InChI is InChI=1S/C16H21FN4O3/c1-23-15-6-12-14(7-13(15)17)19-10-20-16(12)18-8-11(22)9-21-2-4-24-5-3-21/h6-7,10-11,22H,2-5,8-9H2,1H3,(H,18,19,20). The zero-order valence-corrected chi connectivity index (χ0v) is 13.5. The van der Waals surface area contributed by atoms with Gasteiger partial charge >= 0.3 is 0 Å². The molecule has 0 aliphatic carbocycles. The van der Waals surface area contributed by atoms with Crippen LogP contribution in [0.3, 0.4) is 0 Å². The van der Waals surface area contributed by atoms with Crippen LogP contribution in [0.2, 0.25) is 0 Å². The third-order valence-electron chi connectivity index (χ3n) is 3.99. The van der Waals surface area contributed by atoms with Crippen LogP contribution >= 0.6 is 0 Å². The summed E-state index contributed by atoms with van der Waals surface area (Å²) in [5, 5.41) is 14.0. The first-order chi connectivity index (χ1) is 11.7. The second-order valence-electron chi connectivity index (χ2n) is 5.67. The van der Waals surface area contributed by atoms with Crippen LogP contribution in [0.5, 0.6) is 5.75 Å². The van der Waals surface area contributed by atoms with Gasteiger partial charge in [-0.05, 0) is 6.07 Å². The molecule has 3 rings (SSSR count). The van der Waals surface area contributed by atoms with Crippen LogP contribution in [0.15, 0.2) is 18.5 Å². The molecule has 2 heterocycles. The average Bonchev–Trinajstić information content (AvgIpc) is 2.60. The maximum Gasteiger partial charge on any atom is 0.167 e. The molecule has 1 aliphatic heterocycles. The van der Waals surface area contributed by atoms with Crippen molar-refractivity contribution in [3.63, 3.8) is 0 Å². The van der Waals surface area contributed by atoms with Gasteiger partial charge in [-0.2, -0.15) is 0 Å². The Labute approximate surface area is 139 Å². The van der Waals surface area contributed by atoms with Gasteiger partial charge in [0.15, 0.2) is 11.6 Å². The minimum Gasteiger partial charge on any atom is -0.494 e. The van der Waals surface area contributed by atoms with Gasteiger partial charge in [0, 0.05) is 37.6 Å². The highest BCUT2D eigenvalue weighted by Gasteiger charge is 2.16. The molecule has 2 aromatic rings. The van der Waals surface area contributed by atoms with Gasteiger partial charge in [-0.1, -0.05) is 0 Å². The topological polar surface area (TPSA) is 79.7 Å². The number of rotatable bonds is 6. The zero-order valence-electron chi connectivity index (χ0n) is 13.5. The van der Waals surface area contributed by atoms with Crippen molar-refractivity contribution in [3.8, 4) is 5.75 Å². The number of ether oxygens (including phenoxy) is 2. The van der Waals surface area contributed by atoms with Gasteiger partial charge in [0.05, 0.1) is 31.9 Å². The van der Waals surface area contributed by atoms with Gasteiger partial charge < -0.3 is 19.9 Å². The number of hydrogen-bond donors (Lipinski definition) is 2.